The molecule has 0 saturated carbocycles. The van der Waals surface area contributed by atoms with Crippen molar-refractivity contribution in [2.45, 2.75) is 46.0 Å². The maximum Gasteiger partial charge on any atom is 0.266 e. The van der Waals surface area contributed by atoms with Crippen LogP contribution in [0.15, 0.2) is 53.3 Å². The fourth-order valence-electron chi connectivity index (χ4n) is 3.60. The van der Waals surface area contributed by atoms with Gasteiger partial charge in [-0.15, -0.1) is 0 Å². The fraction of sp³-hybridized carbons (Fsp3) is 0.346. The number of aromatic amines is 1. The molecular weight excluding hydrogens is 450 g/mol. The van der Waals surface area contributed by atoms with E-state index in [2.05, 4.69) is 53.3 Å². The minimum atomic E-state index is -0.218. The van der Waals surface area contributed by atoms with Crippen LogP contribution in [0.5, 0.6) is 5.75 Å². The van der Waals surface area contributed by atoms with Gasteiger partial charge in [0.05, 0.1) is 6.61 Å². The van der Waals surface area contributed by atoms with Crippen molar-refractivity contribution in [3.8, 4) is 17.1 Å². The maximum absolute atomic E-state index is 11.9. The number of hydrogen-bond donors (Lipinski definition) is 2. The van der Waals surface area contributed by atoms with Gasteiger partial charge in [0, 0.05) is 23.2 Å². The van der Waals surface area contributed by atoms with Crippen molar-refractivity contribution in [1.82, 2.24) is 19.6 Å². The Bertz CT molecular complexity index is 1340. The maximum atomic E-state index is 11.9. The zero-order valence-corrected chi connectivity index (χ0v) is 20.7. The van der Waals surface area contributed by atoms with Gasteiger partial charge in [0.1, 0.15) is 5.75 Å². The summed E-state index contributed by atoms with van der Waals surface area (Å²) in [4.78, 5) is 21.2. The first-order valence-electron chi connectivity index (χ1n) is 11.4. The third-order valence-electron chi connectivity index (χ3n) is 5.62. The van der Waals surface area contributed by atoms with E-state index >= 15 is 0 Å². The molecule has 0 spiro atoms. The number of H-pyrrole nitrogens is 1. The first-order valence-corrected chi connectivity index (χ1v) is 11.8. The number of rotatable bonds is 8. The van der Waals surface area contributed by atoms with Gasteiger partial charge in [0.15, 0.2) is 11.5 Å². The molecule has 0 saturated heterocycles. The molecule has 0 aliphatic carbocycles. The molecule has 0 aliphatic rings. The van der Waals surface area contributed by atoms with E-state index in [1.54, 1.807) is 4.52 Å². The summed E-state index contributed by atoms with van der Waals surface area (Å²) in [6.07, 6.45) is 1.74. The molecule has 2 aromatic carbocycles. The molecule has 2 heterocycles. The second-order valence-corrected chi connectivity index (χ2v) is 9.81. The van der Waals surface area contributed by atoms with Crippen molar-refractivity contribution in [2.75, 3.05) is 18.5 Å². The van der Waals surface area contributed by atoms with E-state index < -0.39 is 0 Å². The Hall–Kier alpha value is -3.32. The van der Waals surface area contributed by atoms with Gasteiger partial charge in [-0.25, -0.2) is 9.50 Å². The van der Waals surface area contributed by atoms with Crippen LogP contribution < -0.4 is 15.6 Å². The topological polar surface area (TPSA) is 84.3 Å². The van der Waals surface area contributed by atoms with E-state index in [0.29, 0.717) is 30.6 Å². The lowest BCUT2D eigenvalue weighted by Gasteiger charge is -2.19. The monoisotopic (exact) mass is 479 g/mol. The zero-order chi connectivity index (χ0) is 24.3. The number of anilines is 1. The van der Waals surface area contributed by atoms with E-state index in [9.17, 15) is 4.79 Å². The molecule has 0 aliphatic heterocycles. The van der Waals surface area contributed by atoms with Crippen LogP contribution in [0.25, 0.3) is 17.0 Å². The molecule has 0 fully saturated rings. The molecule has 0 unspecified atom stereocenters. The molecule has 4 aromatic rings. The Morgan fingerprint density at radius 1 is 1.06 bits per heavy atom. The average Bonchev–Trinajstić information content (AvgIpc) is 3.18. The molecular formula is C26H30ClN5O2. The average molecular weight is 480 g/mol. The molecule has 4 rings (SSSR count). The Morgan fingerprint density at radius 2 is 1.82 bits per heavy atom. The first-order chi connectivity index (χ1) is 16.2. The summed E-state index contributed by atoms with van der Waals surface area (Å²) in [6, 6.07) is 15.4. The number of aryl methyl sites for hydroxylation is 1. The summed E-state index contributed by atoms with van der Waals surface area (Å²) in [7, 11) is 0. The van der Waals surface area contributed by atoms with Crippen molar-refractivity contribution in [3.05, 3.63) is 75.0 Å². The van der Waals surface area contributed by atoms with Gasteiger partial charge < -0.3 is 10.1 Å². The number of unbranched alkanes of at least 4 members (excludes halogenated alkanes) is 1. The van der Waals surface area contributed by atoms with Crippen LogP contribution in [-0.4, -0.2) is 32.7 Å². The van der Waals surface area contributed by atoms with Crippen molar-refractivity contribution in [2.24, 2.45) is 0 Å². The van der Waals surface area contributed by atoms with Crippen molar-refractivity contribution in [1.29, 1.82) is 0 Å². The van der Waals surface area contributed by atoms with E-state index in [4.69, 9.17) is 16.3 Å². The van der Waals surface area contributed by atoms with E-state index in [0.717, 1.165) is 34.7 Å². The molecule has 2 N–H and O–H groups in total. The van der Waals surface area contributed by atoms with E-state index in [1.165, 1.54) is 11.6 Å². The quantitative estimate of drug-likeness (QED) is 0.320. The molecule has 0 atom stereocenters. The highest BCUT2D eigenvalue weighted by atomic mass is 35.5. The molecule has 34 heavy (non-hydrogen) atoms. The van der Waals surface area contributed by atoms with Crippen molar-refractivity contribution >= 4 is 23.2 Å². The molecule has 0 bridgehead atoms. The largest absolute Gasteiger partial charge is 0.494 e. The zero-order valence-electron chi connectivity index (χ0n) is 20.0. The number of halogens is 1. The molecule has 178 valence electrons. The van der Waals surface area contributed by atoms with Gasteiger partial charge in [0.25, 0.3) is 5.56 Å². The smallest absolute Gasteiger partial charge is 0.266 e. The third-order valence-corrected chi connectivity index (χ3v) is 6.04. The van der Waals surface area contributed by atoms with Crippen LogP contribution in [-0.2, 0) is 5.41 Å². The molecule has 2 aromatic heterocycles. The molecule has 0 amide bonds. The third kappa shape index (κ3) is 5.59. The minimum Gasteiger partial charge on any atom is -0.494 e. The summed E-state index contributed by atoms with van der Waals surface area (Å²) < 4.78 is 7.40. The second kappa shape index (κ2) is 9.89. The van der Waals surface area contributed by atoms with Gasteiger partial charge >= 0.3 is 0 Å². The highest BCUT2D eigenvalue weighted by Crippen LogP contribution is 2.25. The highest BCUT2D eigenvalue weighted by Gasteiger charge is 2.15. The number of benzene rings is 2. The SMILES string of the molecule is Cc1cc(OCCCCNc2nc(-c3ccc(C(C)(C)C)cc3)nc3cc(=O)[nH]n23)ccc1Cl. The number of nitrogens with one attached hydrogen (secondary N) is 2. The van der Waals surface area contributed by atoms with Crippen LogP contribution in [0.1, 0.15) is 44.7 Å². The Balaban J connectivity index is 1.41. The number of aromatic nitrogens is 4. The van der Waals surface area contributed by atoms with Crippen molar-refractivity contribution in [3.63, 3.8) is 0 Å². The number of ether oxygens (including phenoxy) is 1. The van der Waals surface area contributed by atoms with Crippen LogP contribution >= 0.6 is 11.6 Å². The first kappa shape index (κ1) is 23.8. The summed E-state index contributed by atoms with van der Waals surface area (Å²) in [5.41, 5.74) is 3.52. The van der Waals surface area contributed by atoms with Crippen LogP contribution in [0, 0.1) is 6.92 Å². The summed E-state index contributed by atoms with van der Waals surface area (Å²) in [5.74, 6) is 1.94. The van der Waals surface area contributed by atoms with Gasteiger partial charge in [-0.3, -0.25) is 9.89 Å². The Morgan fingerprint density at radius 3 is 2.53 bits per heavy atom. The lowest BCUT2D eigenvalue weighted by atomic mass is 9.87. The Kier molecular flexibility index (Phi) is 6.93. The molecule has 7 nitrogen and oxygen atoms in total. The van der Waals surface area contributed by atoms with Crippen LogP contribution in [0.4, 0.5) is 5.95 Å². The predicted molar refractivity (Wildman–Crippen MR) is 137 cm³/mol. The standard InChI is InChI=1S/C26H30ClN5O2/c1-17-15-20(11-12-21(17)27)34-14-6-5-13-28-25-30-24(29-22-16-23(33)31-32(22)25)18-7-9-19(10-8-18)26(2,3)4/h7-12,15-16H,5-6,13-14H2,1-4H3,(H,31,33)(H,28,29,30). The molecule has 0 radical (unpaired) electrons. The van der Waals surface area contributed by atoms with Crippen LogP contribution in [0.2, 0.25) is 5.02 Å². The molecule has 8 heteroatoms. The predicted octanol–water partition coefficient (Wildman–Crippen LogP) is 5.62. The van der Waals surface area contributed by atoms with E-state index in [-0.39, 0.29) is 11.0 Å². The summed E-state index contributed by atoms with van der Waals surface area (Å²) >= 11 is 6.06. The van der Waals surface area contributed by atoms with Gasteiger partial charge in [-0.1, -0.05) is 56.6 Å². The fourth-order valence-corrected chi connectivity index (χ4v) is 3.72. The number of nitrogens with zero attached hydrogens (tertiary/aromatic N) is 3. The number of fused-ring (bicyclic) bond motifs is 1. The minimum absolute atomic E-state index is 0.0696. The highest BCUT2D eigenvalue weighted by molar-refractivity contribution is 6.31. The van der Waals surface area contributed by atoms with Gasteiger partial charge in [-0.05, 0) is 54.5 Å². The van der Waals surface area contributed by atoms with Crippen molar-refractivity contribution < 1.29 is 4.74 Å². The lowest BCUT2D eigenvalue weighted by Crippen LogP contribution is -2.13. The summed E-state index contributed by atoms with van der Waals surface area (Å²) in [5, 5.41) is 6.82. The van der Waals surface area contributed by atoms with E-state index in [1.807, 2.05) is 37.3 Å². The van der Waals surface area contributed by atoms with Gasteiger partial charge in [0.2, 0.25) is 5.95 Å². The normalized spacial score (nSPS) is 11.7. The summed E-state index contributed by atoms with van der Waals surface area (Å²) in [6.45, 7) is 9.78. The Labute approximate surface area is 204 Å². The van der Waals surface area contributed by atoms with Gasteiger partial charge in [-0.2, -0.15) is 4.98 Å². The lowest BCUT2D eigenvalue weighted by molar-refractivity contribution is 0.308. The second-order valence-electron chi connectivity index (χ2n) is 9.41. The van der Waals surface area contributed by atoms with Crippen LogP contribution in [0.3, 0.4) is 0 Å². The number of hydrogen-bond acceptors (Lipinski definition) is 5.